The number of nitrogens with zero attached hydrogens (tertiary/aromatic N) is 2. The lowest BCUT2D eigenvalue weighted by Crippen LogP contribution is -2.40. The van der Waals surface area contributed by atoms with E-state index in [4.69, 9.17) is 5.73 Å². The van der Waals surface area contributed by atoms with Crippen LogP contribution >= 0.6 is 11.3 Å². The predicted molar refractivity (Wildman–Crippen MR) is 87.4 cm³/mol. The van der Waals surface area contributed by atoms with Crippen LogP contribution in [0.25, 0.3) is 10.7 Å². The highest BCUT2D eigenvalue weighted by Gasteiger charge is 2.27. The molecule has 2 aromatic heterocycles. The number of aromatic nitrogens is 2. The van der Waals surface area contributed by atoms with Crippen molar-refractivity contribution in [3.8, 4) is 10.7 Å². The number of carbonyl (C=O) groups excluding carboxylic acids is 1. The summed E-state index contributed by atoms with van der Waals surface area (Å²) in [6, 6.07) is 5.96. The topological polar surface area (TPSA) is 80.9 Å². The Morgan fingerprint density at radius 3 is 3.09 bits per heavy atom. The highest BCUT2D eigenvalue weighted by Crippen LogP contribution is 2.25. The minimum Gasteiger partial charge on any atom is -0.353 e. The molecule has 2 atom stereocenters. The Morgan fingerprint density at radius 1 is 1.41 bits per heavy atom. The van der Waals surface area contributed by atoms with E-state index in [0.29, 0.717) is 18.9 Å². The van der Waals surface area contributed by atoms with Gasteiger partial charge in [-0.1, -0.05) is 12.5 Å². The third-order valence-electron chi connectivity index (χ3n) is 4.09. The highest BCUT2D eigenvalue weighted by molar-refractivity contribution is 7.13. The van der Waals surface area contributed by atoms with Gasteiger partial charge in [0.05, 0.1) is 17.8 Å². The zero-order valence-electron chi connectivity index (χ0n) is 12.4. The van der Waals surface area contributed by atoms with Gasteiger partial charge >= 0.3 is 0 Å². The number of pyridine rings is 1. The van der Waals surface area contributed by atoms with Crippen LogP contribution in [0.5, 0.6) is 0 Å². The third-order valence-corrected chi connectivity index (χ3v) is 5.00. The monoisotopic (exact) mass is 316 g/mol. The predicted octanol–water partition coefficient (Wildman–Crippen LogP) is 1.99. The Kier molecular flexibility index (Phi) is 4.80. The van der Waals surface area contributed by atoms with E-state index < -0.39 is 0 Å². The second-order valence-corrected chi connectivity index (χ2v) is 6.49. The van der Waals surface area contributed by atoms with Crippen molar-refractivity contribution in [2.24, 2.45) is 11.7 Å². The maximum atomic E-state index is 12.2. The van der Waals surface area contributed by atoms with Gasteiger partial charge in [-0.3, -0.25) is 9.78 Å². The van der Waals surface area contributed by atoms with Crippen LogP contribution < -0.4 is 11.1 Å². The number of hydrogen-bond acceptors (Lipinski definition) is 5. The Bertz CT molecular complexity index is 628. The lowest BCUT2D eigenvalue weighted by molar-refractivity contribution is -0.121. The normalized spacial score (nSPS) is 21.0. The van der Waals surface area contributed by atoms with Gasteiger partial charge in [-0.05, 0) is 37.4 Å². The molecule has 2 unspecified atom stereocenters. The molecule has 1 aliphatic carbocycles. The van der Waals surface area contributed by atoms with Crippen LogP contribution in [0, 0.1) is 5.92 Å². The second-order valence-electron chi connectivity index (χ2n) is 5.64. The number of hydrogen-bond donors (Lipinski definition) is 2. The van der Waals surface area contributed by atoms with Gasteiger partial charge in [0, 0.05) is 17.6 Å². The van der Waals surface area contributed by atoms with Gasteiger partial charge in [-0.25, -0.2) is 4.98 Å². The Balaban J connectivity index is 1.59. The molecule has 1 fully saturated rings. The van der Waals surface area contributed by atoms with E-state index in [-0.39, 0.29) is 11.9 Å². The first-order chi connectivity index (χ1) is 10.8. The van der Waals surface area contributed by atoms with Gasteiger partial charge in [-0.2, -0.15) is 0 Å². The molecule has 0 saturated heterocycles. The minimum absolute atomic E-state index is 0.0308. The molecule has 22 heavy (non-hydrogen) atoms. The summed E-state index contributed by atoms with van der Waals surface area (Å²) in [6.45, 7) is 0.644. The number of amides is 1. The molecule has 0 spiro atoms. The molecule has 3 rings (SSSR count). The largest absolute Gasteiger partial charge is 0.353 e. The van der Waals surface area contributed by atoms with Crippen LogP contribution in [0.3, 0.4) is 0 Å². The number of nitrogens with two attached hydrogens (primary N) is 1. The van der Waals surface area contributed by atoms with Crippen LogP contribution in [0.4, 0.5) is 0 Å². The van der Waals surface area contributed by atoms with Crippen LogP contribution in [0.1, 0.15) is 25.0 Å². The minimum atomic E-state index is 0.0308. The van der Waals surface area contributed by atoms with Crippen LogP contribution in [0.15, 0.2) is 29.8 Å². The molecule has 3 N–H and O–H groups in total. The van der Waals surface area contributed by atoms with Crippen LogP contribution in [0.2, 0.25) is 0 Å². The second kappa shape index (κ2) is 6.98. The van der Waals surface area contributed by atoms with Gasteiger partial charge in [0.15, 0.2) is 0 Å². The quantitative estimate of drug-likeness (QED) is 0.884. The lowest BCUT2D eigenvalue weighted by atomic mass is 10.0. The Morgan fingerprint density at radius 2 is 2.32 bits per heavy atom. The molecule has 0 bridgehead atoms. The smallest absolute Gasteiger partial charge is 0.226 e. The van der Waals surface area contributed by atoms with Crippen LogP contribution in [-0.2, 0) is 11.2 Å². The number of carbonyl (C=O) groups is 1. The molecule has 0 aliphatic heterocycles. The molecule has 5 nitrogen and oxygen atoms in total. The summed E-state index contributed by atoms with van der Waals surface area (Å²) in [7, 11) is 0. The van der Waals surface area contributed by atoms with Gasteiger partial charge in [0.1, 0.15) is 5.01 Å². The summed E-state index contributed by atoms with van der Waals surface area (Å²) >= 11 is 1.52. The van der Waals surface area contributed by atoms with Crippen molar-refractivity contribution < 1.29 is 4.79 Å². The molecule has 2 aromatic rings. The molecular weight excluding hydrogens is 296 g/mol. The van der Waals surface area contributed by atoms with E-state index >= 15 is 0 Å². The highest BCUT2D eigenvalue weighted by atomic mass is 32.1. The first-order valence-corrected chi connectivity index (χ1v) is 8.49. The first kappa shape index (κ1) is 15.1. The van der Waals surface area contributed by atoms with Gasteiger partial charge < -0.3 is 11.1 Å². The zero-order chi connectivity index (χ0) is 15.4. The summed E-state index contributed by atoms with van der Waals surface area (Å²) in [5, 5.41) is 5.89. The van der Waals surface area contributed by atoms with E-state index in [1.807, 2.05) is 23.6 Å². The van der Waals surface area contributed by atoms with E-state index in [0.717, 1.165) is 35.7 Å². The molecule has 1 amide bonds. The van der Waals surface area contributed by atoms with E-state index in [1.54, 1.807) is 6.20 Å². The fourth-order valence-corrected chi connectivity index (χ4v) is 3.72. The number of nitrogens with one attached hydrogen (secondary N) is 1. The fraction of sp³-hybridized carbons (Fsp3) is 0.438. The summed E-state index contributed by atoms with van der Waals surface area (Å²) < 4.78 is 0. The molecule has 6 heteroatoms. The van der Waals surface area contributed by atoms with Crippen molar-refractivity contribution >= 4 is 17.2 Å². The first-order valence-electron chi connectivity index (χ1n) is 7.61. The zero-order valence-corrected chi connectivity index (χ0v) is 13.2. The summed E-state index contributed by atoms with van der Waals surface area (Å²) in [5.41, 5.74) is 7.39. The average molecular weight is 316 g/mol. The van der Waals surface area contributed by atoms with Crippen molar-refractivity contribution in [2.45, 2.75) is 31.7 Å². The number of rotatable bonds is 5. The summed E-state index contributed by atoms with van der Waals surface area (Å²) in [5.74, 6) is 0.451. The maximum Gasteiger partial charge on any atom is 0.226 e. The van der Waals surface area contributed by atoms with Crippen molar-refractivity contribution in [1.82, 2.24) is 15.3 Å². The molecule has 116 valence electrons. The molecule has 2 heterocycles. The summed E-state index contributed by atoms with van der Waals surface area (Å²) in [6.07, 6.45) is 5.35. The molecule has 0 radical (unpaired) electrons. The van der Waals surface area contributed by atoms with Gasteiger partial charge in [0.25, 0.3) is 0 Å². The number of thiazole rings is 1. The molecule has 1 aliphatic rings. The van der Waals surface area contributed by atoms with E-state index in [1.165, 1.54) is 11.3 Å². The Labute approximate surface area is 134 Å². The molecular formula is C16H20N4OS. The Hall–Kier alpha value is -1.79. The van der Waals surface area contributed by atoms with E-state index in [2.05, 4.69) is 15.3 Å². The molecule has 1 saturated carbocycles. The molecule has 0 aromatic carbocycles. The van der Waals surface area contributed by atoms with Crippen molar-refractivity contribution in [2.75, 3.05) is 6.54 Å². The lowest BCUT2D eigenvalue weighted by Gasteiger charge is -2.19. The van der Waals surface area contributed by atoms with Gasteiger partial charge in [-0.15, -0.1) is 11.3 Å². The van der Waals surface area contributed by atoms with Crippen molar-refractivity contribution in [3.63, 3.8) is 0 Å². The maximum absolute atomic E-state index is 12.2. The third kappa shape index (κ3) is 3.51. The summed E-state index contributed by atoms with van der Waals surface area (Å²) in [4.78, 5) is 21.0. The van der Waals surface area contributed by atoms with Gasteiger partial charge in [0.2, 0.25) is 5.91 Å². The SMILES string of the molecule is NCC1CCCC1NC(=O)Cc1csc(-c2ccccn2)n1. The fourth-order valence-electron chi connectivity index (χ4n) is 2.93. The standard InChI is InChI=1S/C16H20N4OS/c17-9-11-4-3-6-13(11)20-15(21)8-12-10-22-16(19-12)14-5-1-2-7-18-14/h1-2,5,7,10-11,13H,3-4,6,8-9,17H2,(H,20,21). The van der Waals surface area contributed by atoms with Crippen molar-refractivity contribution in [1.29, 1.82) is 0 Å². The average Bonchev–Trinajstić information content (AvgIpc) is 3.17. The van der Waals surface area contributed by atoms with Crippen molar-refractivity contribution in [3.05, 3.63) is 35.5 Å². The van der Waals surface area contributed by atoms with Crippen LogP contribution in [-0.4, -0.2) is 28.5 Å². The van der Waals surface area contributed by atoms with E-state index in [9.17, 15) is 4.79 Å².